The van der Waals surface area contributed by atoms with Gasteiger partial charge in [0.1, 0.15) is 5.69 Å². The van der Waals surface area contributed by atoms with Crippen LogP contribution in [0.2, 0.25) is 0 Å². The number of likely N-dealkylation sites (tertiary alicyclic amines) is 1. The van der Waals surface area contributed by atoms with Crippen LogP contribution in [0.4, 0.5) is 11.4 Å². The smallest absolute Gasteiger partial charge is 0.262 e. The number of nitrogens with one attached hydrogen (secondary N) is 1. The highest BCUT2D eigenvalue weighted by Crippen LogP contribution is 2.55. The van der Waals surface area contributed by atoms with Gasteiger partial charge in [-0.05, 0) is 81.1 Å². The third-order valence-corrected chi connectivity index (χ3v) is 10.8. The summed E-state index contributed by atoms with van der Waals surface area (Å²) in [4.78, 5) is 26.9. The number of aromatic nitrogens is 2. The molecule has 1 saturated heterocycles. The van der Waals surface area contributed by atoms with Gasteiger partial charge < -0.3 is 14.5 Å². The van der Waals surface area contributed by atoms with Gasteiger partial charge in [-0.1, -0.05) is 37.1 Å². The largest absolute Gasteiger partial charge is 0.476 e. The Morgan fingerprint density at radius 1 is 0.933 bits per heavy atom. The number of anilines is 2. The van der Waals surface area contributed by atoms with Crippen molar-refractivity contribution in [3.63, 3.8) is 0 Å². The third kappa shape index (κ3) is 5.75. The van der Waals surface area contributed by atoms with Gasteiger partial charge in [0.05, 0.1) is 34.3 Å². The number of likely N-dealkylation sites (N-methyl/N-ethyl adjacent to an activating group) is 1. The maximum atomic E-state index is 13.4. The number of piperidine rings is 1. The maximum absolute atomic E-state index is 13.4. The van der Waals surface area contributed by atoms with Crippen LogP contribution in [0.25, 0.3) is 22.0 Å². The summed E-state index contributed by atoms with van der Waals surface area (Å²) in [5.74, 6) is 0.385. The molecular weight excluding hydrogens is 610 g/mol. The number of halogens is 1. The van der Waals surface area contributed by atoms with Gasteiger partial charge in [0.15, 0.2) is 0 Å². The quantitative estimate of drug-likeness (QED) is 0.217. The van der Waals surface area contributed by atoms with Gasteiger partial charge in [0.25, 0.3) is 10.0 Å². The van der Waals surface area contributed by atoms with Crippen LogP contribution < -0.4 is 14.4 Å². The molecule has 11 heteroatoms. The van der Waals surface area contributed by atoms with Gasteiger partial charge in [-0.3, -0.25) is 14.5 Å². The van der Waals surface area contributed by atoms with Crippen LogP contribution in [-0.4, -0.2) is 62.5 Å². The summed E-state index contributed by atoms with van der Waals surface area (Å²) in [5, 5.41) is 0.946. The van der Waals surface area contributed by atoms with Crippen LogP contribution in [0.15, 0.2) is 71.9 Å². The normalized spacial score (nSPS) is 17.5. The Bertz CT molecular complexity index is 1830. The topological polar surface area (TPSA) is 105 Å². The number of hydrogen-bond acceptors (Lipinski definition) is 7. The standard InChI is InChI=1S/C34H37N5O4S.ClH/c1-38-30-23-35-28-13-12-24(20-27(28)31(30)34(33(38)40)14-8-15-34)25-21-29(37-44(41,42)26-10-4-2-5-11-26)32(36-22-25)43-19-9-18-39-16-6-3-7-17-39;/h2,4-5,10-13,20-23,37H,3,6-9,14-19H2,1H3;1H. The number of pyridine rings is 2. The second-order valence-electron chi connectivity index (χ2n) is 12.1. The minimum absolute atomic E-state index is 0. The van der Waals surface area contributed by atoms with Gasteiger partial charge in [-0.15, -0.1) is 12.4 Å². The average Bonchev–Trinajstić information content (AvgIpc) is 3.27. The van der Waals surface area contributed by atoms with Crippen molar-refractivity contribution in [2.24, 2.45) is 0 Å². The summed E-state index contributed by atoms with van der Waals surface area (Å²) in [6.07, 6.45) is 10.8. The third-order valence-electron chi connectivity index (χ3n) is 9.40. The van der Waals surface area contributed by atoms with Gasteiger partial charge in [-0.2, -0.15) is 0 Å². The van der Waals surface area contributed by atoms with E-state index in [1.165, 1.54) is 19.3 Å². The molecule has 0 unspecified atom stereocenters. The molecule has 3 aliphatic rings. The van der Waals surface area contributed by atoms with E-state index in [0.717, 1.165) is 78.6 Å². The number of fused-ring (bicyclic) bond motifs is 4. The van der Waals surface area contributed by atoms with E-state index in [-0.39, 0.29) is 34.8 Å². The highest BCUT2D eigenvalue weighted by molar-refractivity contribution is 7.92. The second kappa shape index (κ2) is 12.6. The van der Waals surface area contributed by atoms with Gasteiger partial charge in [0, 0.05) is 36.3 Å². The number of carbonyl (C=O) groups is 1. The van der Waals surface area contributed by atoms with Crippen LogP contribution >= 0.6 is 12.4 Å². The van der Waals surface area contributed by atoms with Crippen molar-refractivity contribution in [2.45, 2.75) is 55.3 Å². The molecule has 2 aliphatic heterocycles. The molecule has 2 fully saturated rings. The number of nitrogens with zero attached hydrogens (tertiary/aromatic N) is 4. The molecule has 7 rings (SSSR count). The first-order valence-electron chi connectivity index (χ1n) is 15.5. The first-order valence-corrected chi connectivity index (χ1v) is 17.0. The van der Waals surface area contributed by atoms with Crippen molar-refractivity contribution in [3.8, 4) is 17.0 Å². The van der Waals surface area contributed by atoms with Crippen LogP contribution in [0.3, 0.4) is 0 Å². The van der Waals surface area contributed by atoms with Crippen molar-refractivity contribution in [2.75, 3.05) is 42.9 Å². The number of amides is 1. The van der Waals surface area contributed by atoms with Gasteiger partial charge in [0.2, 0.25) is 11.8 Å². The molecule has 4 aromatic rings. The molecule has 1 saturated carbocycles. The predicted octanol–water partition coefficient (Wildman–Crippen LogP) is 6.17. The summed E-state index contributed by atoms with van der Waals surface area (Å²) in [5.41, 5.74) is 4.13. The lowest BCUT2D eigenvalue weighted by atomic mass is 9.64. The molecule has 0 atom stereocenters. The zero-order valence-corrected chi connectivity index (χ0v) is 27.0. The lowest BCUT2D eigenvalue weighted by molar-refractivity contribution is -0.125. The molecule has 1 amide bonds. The molecule has 2 aromatic heterocycles. The summed E-state index contributed by atoms with van der Waals surface area (Å²) in [6.45, 7) is 3.61. The Labute approximate surface area is 270 Å². The molecule has 2 aromatic carbocycles. The Kier molecular flexibility index (Phi) is 8.74. The molecule has 0 radical (unpaired) electrons. The van der Waals surface area contributed by atoms with Crippen LogP contribution in [0.1, 0.15) is 50.5 Å². The summed E-state index contributed by atoms with van der Waals surface area (Å²) in [6, 6.07) is 16.0. The minimum atomic E-state index is -3.88. The van der Waals surface area contributed by atoms with Crippen LogP contribution in [0.5, 0.6) is 5.88 Å². The number of benzene rings is 2. The van der Waals surface area contributed by atoms with E-state index in [0.29, 0.717) is 6.61 Å². The number of ether oxygens (including phenoxy) is 1. The second-order valence-corrected chi connectivity index (χ2v) is 13.8. The molecule has 1 N–H and O–H groups in total. The highest BCUT2D eigenvalue weighted by Gasteiger charge is 2.54. The first-order chi connectivity index (χ1) is 21.4. The van der Waals surface area contributed by atoms with Gasteiger partial charge >= 0.3 is 0 Å². The molecule has 9 nitrogen and oxygen atoms in total. The number of rotatable bonds is 9. The first kappa shape index (κ1) is 31.3. The van der Waals surface area contributed by atoms with Gasteiger partial charge in [-0.25, -0.2) is 13.4 Å². The van der Waals surface area contributed by atoms with E-state index >= 15 is 0 Å². The fraction of sp³-hybridized carbons (Fsp3) is 0.382. The van der Waals surface area contributed by atoms with E-state index in [9.17, 15) is 13.2 Å². The van der Waals surface area contributed by atoms with E-state index in [1.807, 2.05) is 19.2 Å². The fourth-order valence-electron chi connectivity index (χ4n) is 6.89. The Morgan fingerprint density at radius 3 is 2.44 bits per heavy atom. The molecule has 4 heterocycles. The SMILES string of the molecule is CN1C(=O)C2(CCC2)c2c1cnc1ccc(-c3cnc(OCCCN4CCCCC4)c(NS(=O)(=O)c4ccccc4)c3)cc21.Cl. The number of hydrogen-bond donors (Lipinski definition) is 1. The Hall–Kier alpha value is -3.73. The van der Waals surface area contributed by atoms with E-state index in [2.05, 4.69) is 25.7 Å². The number of sulfonamides is 1. The Morgan fingerprint density at radius 2 is 1.71 bits per heavy atom. The van der Waals surface area contributed by atoms with E-state index < -0.39 is 15.4 Å². The van der Waals surface area contributed by atoms with Crippen molar-refractivity contribution in [1.29, 1.82) is 0 Å². The molecule has 1 aliphatic carbocycles. The zero-order chi connectivity index (χ0) is 30.3. The van der Waals surface area contributed by atoms with Crippen LogP contribution in [-0.2, 0) is 20.2 Å². The average molecular weight is 648 g/mol. The fourth-order valence-corrected chi connectivity index (χ4v) is 7.96. The summed E-state index contributed by atoms with van der Waals surface area (Å²) in [7, 11) is -2.05. The molecule has 236 valence electrons. The monoisotopic (exact) mass is 647 g/mol. The maximum Gasteiger partial charge on any atom is 0.262 e. The van der Waals surface area contributed by atoms with Crippen molar-refractivity contribution >= 4 is 50.6 Å². The lowest BCUT2D eigenvalue weighted by Gasteiger charge is -2.37. The Balaban J connectivity index is 0.00000357. The molecule has 45 heavy (non-hydrogen) atoms. The highest BCUT2D eigenvalue weighted by atomic mass is 35.5. The lowest BCUT2D eigenvalue weighted by Crippen LogP contribution is -2.43. The molecule has 1 spiro atoms. The predicted molar refractivity (Wildman–Crippen MR) is 179 cm³/mol. The van der Waals surface area contributed by atoms with Crippen molar-refractivity contribution in [3.05, 3.63) is 72.6 Å². The van der Waals surface area contributed by atoms with Crippen molar-refractivity contribution < 1.29 is 17.9 Å². The summed E-state index contributed by atoms with van der Waals surface area (Å²) < 4.78 is 35.6. The molecule has 0 bridgehead atoms. The van der Waals surface area contributed by atoms with E-state index in [1.54, 1.807) is 53.7 Å². The molecular formula is C34H38ClN5O4S. The number of carbonyl (C=O) groups excluding carboxylic acids is 1. The van der Waals surface area contributed by atoms with E-state index in [4.69, 9.17) is 4.74 Å². The zero-order valence-electron chi connectivity index (χ0n) is 25.4. The van der Waals surface area contributed by atoms with Crippen molar-refractivity contribution in [1.82, 2.24) is 14.9 Å². The summed E-state index contributed by atoms with van der Waals surface area (Å²) >= 11 is 0. The van der Waals surface area contributed by atoms with Crippen LogP contribution in [0, 0.1) is 0 Å². The minimum Gasteiger partial charge on any atom is -0.476 e.